The largest absolute Gasteiger partial charge is 0.453 e. The second-order valence-corrected chi connectivity index (χ2v) is 5.74. The second kappa shape index (κ2) is 5.63. The van der Waals surface area contributed by atoms with Gasteiger partial charge in [-0.25, -0.2) is 14.6 Å². The van der Waals surface area contributed by atoms with Crippen LogP contribution in [-0.2, 0) is 9.47 Å². The molecule has 0 radical (unpaired) electrons. The van der Waals surface area contributed by atoms with Crippen molar-refractivity contribution in [2.24, 2.45) is 4.99 Å². The van der Waals surface area contributed by atoms with Crippen LogP contribution in [0.25, 0.3) is 0 Å². The van der Waals surface area contributed by atoms with Crippen molar-refractivity contribution in [2.45, 2.75) is 38.6 Å². The van der Waals surface area contributed by atoms with Crippen LogP contribution >= 0.6 is 0 Å². The first-order valence-corrected chi connectivity index (χ1v) is 6.66. The number of methoxy groups -OCH3 is 1. The fourth-order valence-corrected chi connectivity index (χ4v) is 2.09. The Labute approximate surface area is 123 Å². The van der Waals surface area contributed by atoms with Crippen molar-refractivity contribution in [1.82, 2.24) is 15.5 Å². The Morgan fingerprint density at radius 3 is 2.81 bits per heavy atom. The molecule has 0 saturated carbocycles. The highest BCUT2D eigenvalue weighted by atomic mass is 16.6. The number of aliphatic imine (C=N–C) groups is 1. The van der Waals surface area contributed by atoms with E-state index in [1.165, 1.54) is 12.0 Å². The van der Waals surface area contributed by atoms with Crippen molar-refractivity contribution < 1.29 is 19.1 Å². The molecule has 116 valence electrons. The molecule has 2 rings (SSSR count). The summed E-state index contributed by atoms with van der Waals surface area (Å²) in [6, 6.07) is -0.192. The van der Waals surface area contributed by atoms with E-state index in [1.54, 1.807) is 20.8 Å². The number of guanidine groups is 1. The van der Waals surface area contributed by atoms with E-state index in [-0.39, 0.29) is 12.0 Å². The van der Waals surface area contributed by atoms with Gasteiger partial charge < -0.3 is 14.8 Å². The van der Waals surface area contributed by atoms with Crippen LogP contribution in [0.5, 0.6) is 0 Å². The van der Waals surface area contributed by atoms with E-state index in [1.807, 2.05) is 12.2 Å². The summed E-state index contributed by atoms with van der Waals surface area (Å²) in [6.07, 6.45) is 2.25. The number of carbonyl (C=O) groups is 2. The normalized spacial score (nSPS) is 23.8. The molecule has 0 aromatic carbocycles. The summed E-state index contributed by atoms with van der Waals surface area (Å²) in [5.74, 6) is 0.278. The molecule has 2 N–H and O–H groups in total. The van der Waals surface area contributed by atoms with Crippen molar-refractivity contribution in [3.8, 4) is 0 Å². The van der Waals surface area contributed by atoms with E-state index in [0.29, 0.717) is 6.54 Å². The van der Waals surface area contributed by atoms with Crippen LogP contribution in [-0.4, -0.2) is 54.5 Å². The van der Waals surface area contributed by atoms with E-state index < -0.39 is 24.0 Å². The minimum absolute atomic E-state index is 0.192. The summed E-state index contributed by atoms with van der Waals surface area (Å²) in [7, 11) is 1.32. The highest BCUT2D eigenvalue weighted by Gasteiger charge is 2.37. The molecule has 0 aromatic heterocycles. The lowest BCUT2D eigenvalue weighted by Crippen LogP contribution is -2.50. The second-order valence-electron chi connectivity index (χ2n) is 5.74. The average Bonchev–Trinajstić information content (AvgIpc) is 2.77. The number of rotatable bonds is 0. The van der Waals surface area contributed by atoms with Gasteiger partial charge in [-0.1, -0.05) is 12.2 Å². The number of nitrogens with one attached hydrogen (secondary N) is 2. The van der Waals surface area contributed by atoms with Gasteiger partial charge in [0, 0.05) is 6.54 Å². The predicted molar refractivity (Wildman–Crippen MR) is 75.8 cm³/mol. The number of carbonyl (C=O) groups excluding carboxylic acids is 2. The third-order valence-corrected chi connectivity index (χ3v) is 2.88. The van der Waals surface area contributed by atoms with Crippen LogP contribution in [0.3, 0.4) is 0 Å². The Balaban J connectivity index is 2.03. The van der Waals surface area contributed by atoms with Gasteiger partial charge in [0.25, 0.3) is 0 Å². The highest BCUT2D eigenvalue weighted by molar-refractivity contribution is 5.95. The molecule has 0 spiro atoms. The lowest BCUT2D eigenvalue weighted by Gasteiger charge is -2.30. The Kier molecular flexibility index (Phi) is 4.06. The fraction of sp³-hybridized carbons (Fsp3) is 0.615. The molecular formula is C13H20N4O4. The maximum Gasteiger partial charge on any atom is 0.414 e. The first-order chi connectivity index (χ1) is 9.80. The van der Waals surface area contributed by atoms with E-state index >= 15 is 0 Å². The molecule has 2 aliphatic heterocycles. The number of nitrogens with zero attached hydrogens (tertiary/aromatic N) is 2. The first kappa shape index (κ1) is 15.1. The highest BCUT2D eigenvalue weighted by Crippen LogP contribution is 2.18. The molecular weight excluding hydrogens is 276 g/mol. The first-order valence-electron chi connectivity index (χ1n) is 6.66. The minimum atomic E-state index is -0.596. The minimum Gasteiger partial charge on any atom is -0.453 e. The molecule has 2 atom stereocenters. The molecule has 0 aromatic rings. The van der Waals surface area contributed by atoms with Crippen LogP contribution in [0.15, 0.2) is 17.1 Å². The lowest BCUT2D eigenvalue weighted by atomic mass is 10.1. The number of alkyl carbamates (subject to hydrolysis) is 1. The van der Waals surface area contributed by atoms with Crippen LogP contribution in [0.4, 0.5) is 9.59 Å². The summed E-state index contributed by atoms with van der Waals surface area (Å²) >= 11 is 0. The van der Waals surface area contributed by atoms with E-state index in [9.17, 15) is 9.59 Å². The zero-order valence-electron chi connectivity index (χ0n) is 12.5. The predicted octanol–water partition coefficient (Wildman–Crippen LogP) is 0.803. The summed E-state index contributed by atoms with van der Waals surface area (Å²) in [4.78, 5) is 29.2. The van der Waals surface area contributed by atoms with Gasteiger partial charge in [-0.05, 0) is 20.8 Å². The van der Waals surface area contributed by atoms with Gasteiger partial charge in [0.05, 0.1) is 13.2 Å². The zero-order chi connectivity index (χ0) is 15.6. The smallest absolute Gasteiger partial charge is 0.414 e. The Morgan fingerprint density at radius 1 is 1.48 bits per heavy atom. The summed E-state index contributed by atoms with van der Waals surface area (Å²) in [5.41, 5.74) is -0.589. The Hall–Kier alpha value is -2.25. The maximum absolute atomic E-state index is 11.7. The van der Waals surface area contributed by atoms with Crippen LogP contribution in [0.2, 0.25) is 0 Å². The summed E-state index contributed by atoms with van der Waals surface area (Å²) in [5, 5.41) is 5.55. The van der Waals surface area contributed by atoms with Crippen molar-refractivity contribution >= 4 is 18.1 Å². The summed E-state index contributed by atoms with van der Waals surface area (Å²) < 4.78 is 9.88. The van der Waals surface area contributed by atoms with Gasteiger partial charge in [-0.3, -0.25) is 10.2 Å². The van der Waals surface area contributed by atoms with Crippen LogP contribution < -0.4 is 10.6 Å². The van der Waals surface area contributed by atoms with Gasteiger partial charge in [0.15, 0.2) is 6.17 Å². The number of ether oxygens (including phenoxy) is 2. The zero-order valence-corrected chi connectivity index (χ0v) is 12.5. The maximum atomic E-state index is 11.7. The van der Waals surface area contributed by atoms with Gasteiger partial charge in [0.2, 0.25) is 5.96 Å². The van der Waals surface area contributed by atoms with Gasteiger partial charge >= 0.3 is 12.2 Å². The quantitative estimate of drug-likeness (QED) is 0.645. The lowest BCUT2D eigenvalue weighted by molar-refractivity contribution is 0.0561. The molecule has 0 saturated heterocycles. The van der Waals surface area contributed by atoms with Gasteiger partial charge in [-0.2, -0.15) is 0 Å². The molecule has 8 nitrogen and oxygen atoms in total. The Morgan fingerprint density at radius 2 is 2.19 bits per heavy atom. The summed E-state index contributed by atoms with van der Waals surface area (Å²) in [6.45, 7) is 5.74. The molecule has 0 fully saturated rings. The van der Waals surface area contributed by atoms with Gasteiger partial charge in [0.1, 0.15) is 5.60 Å². The molecule has 2 aliphatic rings. The van der Waals surface area contributed by atoms with Crippen LogP contribution in [0.1, 0.15) is 20.8 Å². The number of hydrogen-bond acceptors (Lipinski definition) is 6. The number of hydrogen-bond donors (Lipinski definition) is 2. The third-order valence-electron chi connectivity index (χ3n) is 2.88. The molecule has 2 amide bonds. The number of amides is 2. The molecule has 0 bridgehead atoms. The fourth-order valence-electron chi connectivity index (χ4n) is 2.09. The molecule has 2 unspecified atom stereocenters. The van der Waals surface area contributed by atoms with E-state index in [4.69, 9.17) is 9.47 Å². The topological polar surface area (TPSA) is 92.3 Å². The average molecular weight is 296 g/mol. The molecule has 8 heteroatoms. The van der Waals surface area contributed by atoms with E-state index in [0.717, 1.165) is 0 Å². The van der Waals surface area contributed by atoms with E-state index in [2.05, 4.69) is 15.6 Å². The standard InChI is InChI=1S/C13H20N4O4/c1-13(2,3)21-11(18)16-10-14-8-6-5-7-17(9(8)15-10)12(19)20-4/h5-6,8-9H,7H2,1-4H3,(H2,14,15,16,18). The Bertz CT molecular complexity index is 495. The SMILES string of the molecule is COC(=O)N1CC=CC2NC(NC(=O)OC(C)(C)C)=NC21. The van der Waals surface area contributed by atoms with Crippen molar-refractivity contribution in [3.63, 3.8) is 0 Å². The van der Waals surface area contributed by atoms with Crippen LogP contribution in [0, 0.1) is 0 Å². The molecule has 21 heavy (non-hydrogen) atoms. The number of fused-ring (bicyclic) bond motifs is 1. The van der Waals surface area contributed by atoms with Gasteiger partial charge in [-0.15, -0.1) is 0 Å². The van der Waals surface area contributed by atoms with Crippen molar-refractivity contribution in [3.05, 3.63) is 12.2 Å². The van der Waals surface area contributed by atoms with Crippen molar-refractivity contribution in [1.29, 1.82) is 0 Å². The monoisotopic (exact) mass is 296 g/mol. The molecule has 2 heterocycles. The molecule has 0 aliphatic carbocycles. The third kappa shape index (κ3) is 3.65. The van der Waals surface area contributed by atoms with Crippen molar-refractivity contribution in [2.75, 3.05) is 13.7 Å².